The Kier molecular flexibility index (Phi) is 6.56. The van der Waals surface area contributed by atoms with Crippen LogP contribution in [0.5, 0.6) is 0 Å². The molecule has 0 aliphatic rings. The fourth-order valence-electron chi connectivity index (χ4n) is 7.69. The van der Waals surface area contributed by atoms with Gasteiger partial charge < -0.3 is 4.90 Å². The van der Waals surface area contributed by atoms with Gasteiger partial charge in [-0.1, -0.05) is 170 Å². The molecule has 1 heteroatoms. The molecule has 10 rings (SSSR count). The van der Waals surface area contributed by atoms with Gasteiger partial charge in [0.2, 0.25) is 0 Å². The number of hydrogen-bond donors (Lipinski definition) is 0. The predicted molar refractivity (Wildman–Crippen MR) is 227 cm³/mol. The third-order valence-corrected chi connectivity index (χ3v) is 10.3. The van der Waals surface area contributed by atoms with E-state index in [0.717, 1.165) is 76.7 Å². The molecule has 0 aliphatic heterocycles. The minimum absolute atomic E-state index is 0.0891. The smallest absolute Gasteiger partial charge is 0.0645 e. The molecule has 10 aromatic carbocycles. The van der Waals surface area contributed by atoms with E-state index >= 15 is 0 Å². The zero-order valence-electron chi connectivity index (χ0n) is 32.8. The maximum absolute atomic E-state index is 9.58. The lowest BCUT2D eigenvalue weighted by Gasteiger charge is -2.26. The Morgan fingerprint density at radius 3 is 1.51 bits per heavy atom. The Balaban J connectivity index is 1.15. The number of nitrogens with zero attached hydrogens (tertiary/aromatic N) is 1. The summed E-state index contributed by atoms with van der Waals surface area (Å²) in [4.78, 5) is 1.87. The van der Waals surface area contributed by atoms with Crippen LogP contribution in [0.4, 0.5) is 17.1 Å². The third-order valence-electron chi connectivity index (χ3n) is 10.3. The van der Waals surface area contributed by atoms with Gasteiger partial charge in [-0.2, -0.15) is 0 Å². The second kappa shape index (κ2) is 13.0. The molecule has 1 nitrogen and oxygen atoms in total. The van der Waals surface area contributed by atoms with E-state index < -0.39 is 0 Å². The van der Waals surface area contributed by atoms with Crippen LogP contribution < -0.4 is 4.90 Å². The van der Waals surface area contributed by atoms with Crippen LogP contribution in [-0.2, 0) is 0 Å². The van der Waals surface area contributed by atoms with E-state index in [0.29, 0.717) is 5.56 Å². The van der Waals surface area contributed by atoms with Crippen molar-refractivity contribution < 1.29 is 5.48 Å². The van der Waals surface area contributed by atoms with Crippen LogP contribution in [-0.4, -0.2) is 0 Å². The van der Waals surface area contributed by atoms with Crippen molar-refractivity contribution in [3.05, 3.63) is 212 Å². The van der Waals surface area contributed by atoms with E-state index in [1.54, 1.807) is 0 Å². The normalized spacial score (nSPS) is 12.5. The summed E-state index contributed by atoms with van der Waals surface area (Å²) in [7, 11) is 0. The molecule has 0 fully saturated rings. The Labute approximate surface area is 315 Å². The lowest BCUT2D eigenvalue weighted by atomic mass is 9.96. The van der Waals surface area contributed by atoms with Crippen LogP contribution in [0.25, 0.3) is 76.5 Å². The van der Waals surface area contributed by atoms with Crippen molar-refractivity contribution in [2.45, 2.75) is 0 Å². The molecule has 0 unspecified atom stereocenters. The largest absolute Gasteiger partial charge is 0.310 e. The summed E-state index contributed by atoms with van der Waals surface area (Å²) in [6.07, 6.45) is 0. The lowest BCUT2D eigenvalue weighted by molar-refractivity contribution is 1.28. The first kappa shape index (κ1) is 26.8. The summed E-state index contributed by atoms with van der Waals surface area (Å²) in [5, 5.41) is 8.90. The van der Waals surface area contributed by atoms with Crippen LogP contribution in [0.3, 0.4) is 0 Å². The van der Waals surface area contributed by atoms with Crippen molar-refractivity contribution in [2.24, 2.45) is 0 Å². The highest BCUT2D eigenvalue weighted by atomic mass is 15.1. The summed E-state index contributed by atoms with van der Waals surface area (Å²) in [6.45, 7) is 0. The lowest BCUT2D eigenvalue weighted by Crippen LogP contribution is -2.10. The van der Waals surface area contributed by atoms with Gasteiger partial charge in [-0.25, -0.2) is 0 Å². The average molecular weight is 678 g/mol. The molecule has 0 atom stereocenters. The first-order chi connectivity index (χ1) is 27.9. The minimum Gasteiger partial charge on any atom is -0.310 e. The van der Waals surface area contributed by atoms with Gasteiger partial charge in [-0.3, -0.25) is 0 Å². The number of anilines is 3. The number of benzene rings is 10. The maximum Gasteiger partial charge on any atom is 0.0645 e. The summed E-state index contributed by atoms with van der Waals surface area (Å²) < 4.78 is 38.0. The molecule has 0 bridgehead atoms. The zero-order valence-corrected chi connectivity index (χ0v) is 28.8. The van der Waals surface area contributed by atoms with E-state index in [-0.39, 0.29) is 35.4 Å². The predicted octanol–water partition coefficient (Wildman–Crippen LogP) is 14.8. The van der Waals surface area contributed by atoms with Gasteiger partial charge in [-0.15, -0.1) is 0 Å². The van der Waals surface area contributed by atoms with Crippen molar-refractivity contribution in [1.82, 2.24) is 0 Å². The van der Waals surface area contributed by atoms with Gasteiger partial charge in [-0.05, 0) is 119 Å². The minimum atomic E-state index is -0.113. The van der Waals surface area contributed by atoms with E-state index in [1.165, 1.54) is 0 Å². The molecule has 0 N–H and O–H groups in total. The average Bonchev–Trinajstić information content (AvgIpc) is 3.27. The molecular weight excluding hydrogens is 639 g/mol. The highest BCUT2D eigenvalue weighted by molar-refractivity contribution is 6.08. The van der Waals surface area contributed by atoms with Gasteiger partial charge in [0, 0.05) is 17.1 Å². The Hall–Kier alpha value is -6.96. The maximum atomic E-state index is 9.58. The van der Waals surface area contributed by atoms with Crippen molar-refractivity contribution in [1.29, 1.82) is 0 Å². The fraction of sp³-hybridized carbons (Fsp3) is 0. The molecule has 0 saturated carbocycles. The standard InChI is InChI=1S/C52H35N/c1-4-17-47-37(10-1)13-8-20-50(47)40-26-31-45(32-27-40)53(46-16-7-15-42(35-46)51-21-9-14-38-11-2-5-18-48(38)51)44-29-24-36(25-30-44)41-28-33-52-43(34-41)23-22-39-12-3-6-19-49(39)52/h1-35H/i24D,25D,29D,30D. The molecule has 0 saturated heterocycles. The number of fused-ring (bicyclic) bond motifs is 5. The van der Waals surface area contributed by atoms with Crippen molar-refractivity contribution in [3.63, 3.8) is 0 Å². The fourth-order valence-corrected chi connectivity index (χ4v) is 7.69. The molecule has 10 aromatic rings. The molecule has 0 radical (unpaired) electrons. The van der Waals surface area contributed by atoms with Gasteiger partial charge in [0.1, 0.15) is 0 Å². The second-order valence-electron chi connectivity index (χ2n) is 13.4. The van der Waals surface area contributed by atoms with Gasteiger partial charge in [0.15, 0.2) is 0 Å². The summed E-state index contributed by atoms with van der Waals surface area (Å²) in [5.41, 5.74) is 6.76. The highest BCUT2D eigenvalue weighted by Crippen LogP contribution is 2.40. The molecule has 248 valence electrons. The zero-order chi connectivity index (χ0) is 38.6. The van der Waals surface area contributed by atoms with Gasteiger partial charge in [0.25, 0.3) is 0 Å². The molecular formula is C52H35N. The topological polar surface area (TPSA) is 3.24 Å². The van der Waals surface area contributed by atoms with Gasteiger partial charge >= 0.3 is 0 Å². The quantitative estimate of drug-likeness (QED) is 0.158. The van der Waals surface area contributed by atoms with E-state index in [2.05, 4.69) is 115 Å². The van der Waals surface area contributed by atoms with Crippen LogP contribution in [0, 0.1) is 0 Å². The third kappa shape index (κ3) is 5.60. The second-order valence-corrected chi connectivity index (χ2v) is 13.4. The Morgan fingerprint density at radius 2 is 0.811 bits per heavy atom. The van der Waals surface area contributed by atoms with Crippen molar-refractivity contribution in [3.8, 4) is 33.4 Å². The molecule has 0 aromatic heterocycles. The van der Waals surface area contributed by atoms with Crippen LogP contribution in [0.1, 0.15) is 5.48 Å². The van der Waals surface area contributed by atoms with Gasteiger partial charge in [0.05, 0.1) is 5.48 Å². The van der Waals surface area contributed by atoms with Crippen molar-refractivity contribution in [2.75, 3.05) is 4.90 Å². The summed E-state index contributed by atoms with van der Waals surface area (Å²) in [5.74, 6) is 0. The van der Waals surface area contributed by atoms with Crippen LogP contribution in [0.15, 0.2) is 212 Å². The van der Waals surface area contributed by atoms with Crippen molar-refractivity contribution >= 4 is 60.2 Å². The monoisotopic (exact) mass is 677 g/mol. The molecule has 0 heterocycles. The number of rotatable bonds is 6. The van der Waals surface area contributed by atoms with E-state index in [9.17, 15) is 5.48 Å². The first-order valence-electron chi connectivity index (χ1n) is 19.9. The Bertz CT molecular complexity index is 3150. The first-order valence-corrected chi connectivity index (χ1v) is 17.9. The van der Waals surface area contributed by atoms with Crippen LogP contribution >= 0.6 is 0 Å². The SMILES string of the molecule is [2H]c1c([2H])c(N(c2ccc(-c3cccc4ccccc34)cc2)c2cccc(-c3cccc4ccccc34)c2)c([2H])c([2H])c1-c1ccc2c(ccc3ccccc32)c1. The molecule has 0 aliphatic carbocycles. The van der Waals surface area contributed by atoms with Crippen LogP contribution in [0.2, 0.25) is 0 Å². The molecule has 0 amide bonds. The highest BCUT2D eigenvalue weighted by Gasteiger charge is 2.16. The van der Waals surface area contributed by atoms with E-state index in [4.69, 9.17) is 0 Å². The van der Waals surface area contributed by atoms with E-state index in [1.807, 2.05) is 77.7 Å². The molecule has 53 heavy (non-hydrogen) atoms. The number of hydrogen-bond acceptors (Lipinski definition) is 1. The molecule has 0 spiro atoms. The summed E-state index contributed by atoms with van der Waals surface area (Å²) in [6, 6.07) is 63.4. The summed E-state index contributed by atoms with van der Waals surface area (Å²) >= 11 is 0. The Morgan fingerprint density at radius 1 is 0.283 bits per heavy atom.